The van der Waals surface area contributed by atoms with Gasteiger partial charge in [0.25, 0.3) is 5.95 Å². The van der Waals surface area contributed by atoms with Crippen LogP contribution in [0.2, 0.25) is 0 Å². The van der Waals surface area contributed by atoms with Gasteiger partial charge in [-0.1, -0.05) is 12.1 Å². The molecule has 1 aliphatic heterocycles. The number of benzene rings is 1. The number of rotatable bonds is 6. The number of piperazine rings is 1. The Hall–Kier alpha value is -3.26. The van der Waals surface area contributed by atoms with Crippen molar-refractivity contribution >= 4 is 11.5 Å². The third-order valence-electron chi connectivity index (χ3n) is 5.30. The quantitative estimate of drug-likeness (QED) is 0.643. The predicted octanol–water partition coefficient (Wildman–Crippen LogP) is 2.07. The Bertz CT molecular complexity index is 980. The second-order valence-electron chi connectivity index (χ2n) is 7.09. The number of Topliss-reactive ketones (excluding diaryl/α,β-unsaturated/α-hetero) is 1. The van der Waals surface area contributed by atoms with E-state index >= 15 is 0 Å². The minimum absolute atomic E-state index is 0.0767. The molecule has 0 spiro atoms. The van der Waals surface area contributed by atoms with Crippen molar-refractivity contribution in [3.8, 4) is 11.7 Å². The standard InChI is InChI=1S/C21H24N6O2/c1-16-17(15-24-27(16)21-22-8-4-9-23-21)19(28)7-10-25-11-13-26(14-12-25)18-5-2-3-6-20(18)29/h2-6,8-9,15,29H,7,10-14H2,1H3. The van der Waals surface area contributed by atoms with Gasteiger partial charge in [-0.05, 0) is 25.1 Å². The maximum atomic E-state index is 12.7. The number of nitrogens with zero attached hydrogens (tertiary/aromatic N) is 6. The van der Waals surface area contributed by atoms with Gasteiger partial charge < -0.3 is 10.0 Å². The molecule has 1 aliphatic rings. The predicted molar refractivity (Wildman–Crippen MR) is 110 cm³/mol. The highest BCUT2D eigenvalue weighted by atomic mass is 16.3. The number of carbonyl (C=O) groups is 1. The number of para-hydroxylation sites is 2. The maximum absolute atomic E-state index is 12.7. The van der Waals surface area contributed by atoms with E-state index in [0.717, 1.165) is 37.6 Å². The van der Waals surface area contributed by atoms with Gasteiger partial charge >= 0.3 is 0 Å². The highest BCUT2D eigenvalue weighted by Gasteiger charge is 2.21. The van der Waals surface area contributed by atoms with Gasteiger partial charge in [0.1, 0.15) is 5.75 Å². The van der Waals surface area contributed by atoms with Crippen LogP contribution in [0.5, 0.6) is 5.75 Å². The van der Waals surface area contributed by atoms with Gasteiger partial charge in [-0.3, -0.25) is 9.69 Å². The Kier molecular flexibility index (Phi) is 5.53. The van der Waals surface area contributed by atoms with E-state index in [1.54, 1.807) is 35.4 Å². The molecule has 0 bridgehead atoms. The molecule has 0 aliphatic carbocycles. The van der Waals surface area contributed by atoms with Crippen LogP contribution in [0.25, 0.3) is 5.95 Å². The number of phenols is 1. The molecule has 4 rings (SSSR count). The highest BCUT2D eigenvalue weighted by molar-refractivity contribution is 5.97. The van der Waals surface area contributed by atoms with Crippen LogP contribution in [0.1, 0.15) is 22.5 Å². The highest BCUT2D eigenvalue weighted by Crippen LogP contribution is 2.27. The second kappa shape index (κ2) is 8.40. The number of phenolic OH excluding ortho intramolecular Hbond substituents is 1. The van der Waals surface area contributed by atoms with Crippen molar-refractivity contribution in [2.75, 3.05) is 37.6 Å². The molecule has 1 N–H and O–H groups in total. The first-order chi connectivity index (χ1) is 14.1. The normalized spacial score (nSPS) is 14.9. The van der Waals surface area contributed by atoms with E-state index < -0.39 is 0 Å². The molecule has 0 amide bonds. The molecule has 150 valence electrons. The molecule has 3 heterocycles. The Morgan fingerprint density at radius 1 is 1.07 bits per heavy atom. The van der Waals surface area contributed by atoms with Crippen molar-refractivity contribution in [2.45, 2.75) is 13.3 Å². The fourth-order valence-corrected chi connectivity index (χ4v) is 3.62. The zero-order chi connectivity index (χ0) is 20.2. The molecule has 0 unspecified atom stereocenters. The molecule has 29 heavy (non-hydrogen) atoms. The average Bonchev–Trinajstić information content (AvgIpc) is 3.15. The fourth-order valence-electron chi connectivity index (χ4n) is 3.62. The number of ketones is 1. The van der Waals surface area contributed by atoms with E-state index in [-0.39, 0.29) is 5.78 Å². The number of hydrogen-bond donors (Lipinski definition) is 1. The van der Waals surface area contributed by atoms with Gasteiger partial charge in [-0.2, -0.15) is 5.10 Å². The number of aromatic hydroxyl groups is 1. The lowest BCUT2D eigenvalue weighted by molar-refractivity contribution is 0.0962. The largest absolute Gasteiger partial charge is 0.506 e. The van der Waals surface area contributed by atoms with E-state index in [1.807, 2.05) is 25.1 Å². The van der Waals surface area contributed by atoms with Crippen LogP contribution in [-0.4, -0.2) is 68.3 Å². The van der Waals surface area contributed by atoms with Gasteiger partial charge in [-0.25, -0.2) is 14.6 Å². The summed E-state index contributed by atoms with van der Waals surface area (Å²) in [5.41, 5.74) is 2.24. The summed E-state index contributed by atoms with van der Waals surface area (Å²) in [5.74, 6) is 0.850. The SMILES string of the molecule is Cc1c(C(=O)CCN2CCN(c3ccccc3O)CC2)cnn1-c1ncccn1. The van der Waals surface area contributed by atoms with Gasteiger partial charge in [0.05, 0.1) is 23.1 Å². The van der Waals surface area contributed by atoms with Crippen molar-refractivity contribution in [3.05, 3.63) is 60.2 Å². The molecule has 3 aromatic rings. The Labute approximate surface area is 169 Å². The third kappa shape index (κ3) is 4.12. The van der Waals surface area contributed by atoms with E-state index in [1.165, 1.54) is 0 Å². The van der Waals surface area contributed by atoms with E-state index in [2.05, 4.69) is 24.9 Å². The van der Waals surface area contributed by atoms with Crippen LogP contribution in [0, 0.1) is 6.92 Å². The summed E-state index contributed by atoms with van der Waals surface area (Å²) >= 11 is 0. The van der Waals surface area contributed by atoms with E-state index in [0.29, 0.717) is 30.2 Å². The van der Waals surface area contributed by atoms with Crippen LogP contribution in [-0.2, 0) is 0 Å². The monoisotopic (exact) mass is 392 g/mol. The number of aromatic nitrogens is 4. The minimum atomic E-state index is 0.0767. The number of anilines is 1. The fraction of sp³-hybridized carbons (Fsp3) is 0.333. The lowest BCUT2D eigenvalue weighted by atomic mass is 10.1. The summed E-state index contributed by atoms with van der Waals surface area (Å²) in [6, 6.07) is 9.15. The second-order valence-corrected chi connectivity index (χ2v) is 7.09. The van der Waals surface area contributed by atoms with Crippen LogP contribution in [0.15, 0.2) is 48.9 Å². The summed E-state index contributed by atoms with van der Waals surface area (Å²) < 4.78 is 1.60. The molecule has 1 aromatic carbocycles. The van der Waals surface area contributed by atoms with Crippen molar-refractivity contribution < 1.29 is 9.90 Å². The zero-order valence-electron chi connectivity index (χ0n) is 16.4. The molecule has 0 radical (unpaired) electrons. The van der Waals surface area contributed by atoms with Gasteiger partial charge in [0, 0.05) is 51.5 Å². The number of carbonyl (C=O) groups excluding carboxylic acids is 1. The smallest absolute Gasteiger partial charge is 0.250 e. The van der Waals surface area contributed by atoms with Crippen molar-refractivity contribution in [3.63, 3.8) is 0 Å². The van der Waals surface area contributed by atoms with Crippen molar-refractivity contribution in [2.24, 2.45) is 0 Å². The van der Waals surface area contributed by atoms with Crippen LogP contribution < -0.4 is 4.90 Å². The lowest BCUT2D eigenvalue weighted by Crippen LogP contribution is -2.46. The average molecular weight is 392 g/mol. The molecule has 1 fully saturated rings. The first-order valence-corrected chi connectivity index (χ1v) is 9.74. The molecule has 2 aromatic heterocycles. The number of hydrogen-bond acceptors (Lipinski definition) is 7. The van der Waals surface area contributed by atoms with Crippen LogP contribution in [0.4, 0.5) is 5.69 Å². The van der Waals surface area contributed by atoms with Crippen LogP contribution in [0.3, 0.4) is 0 Å². The minimum Gasteiger partial charge on any atom is -0.506 e. The van der Waals surface area contributed by atoms with Gasteiger partial charge in [0.15, 0.2) is 5.78 Å². The van der Waals surface area contributed by atoms with Crippen LogP contribution >= 0.6 is 0 Å². The summed E-state index contributed by atoms with van der Waals surface area (Å²) in [6.45, 7) is 5.94. The Morgan fingerprint density at radius 3 is 2.52 bits per heavy atom. The molecule has 0 saturated carbocycles. The van der Waals surface area contributed by atoms with Gasteiger partial charge in [0.2, 0.25) is 0 Å². The topological polar surface area (TPSA) is 87.4 Å². The summed E-state index contributed by atoms with van der Waals surface area (Å²) in [5, 5.41) is 14.3. The maximum Gasteiger partial charge on any atom is 0.250 e. The molecular formula is C21H24N6O2. The Morgan fingerprint density at radius 2 is 1.79 bits per heavy atom. The first kappa shape index (κ1) is 19.1. The first-order valence-electron chi connectivity index (χ1n) is 9.74. The van der Waals surface area contributed by atoms with Crippen molar-refractivity contribution in [1.82, 2.24) is 24.6 Å². The molecule has 8 heteroatoms. The Balaban J connectivity index is 1.32. The van der Waals surface area contributed by atoms with Crippen molar-refractivity contribution in [1.29, 1.82) is 0 Å². The van der Waals surface area contributed by atoms with Gasteiger partial charge in [-0.15, -0.1) is 0 Å². The van der Waals surface area contributed by atoms with E-state index in [9.17, 15) is 9.90 Å². The molecule has 1 saturated heterocycles. The summed E-state index contributed by atoms with van der Waals surface area (Å²) in [6.07, 6.45) is 5.35. The molecular weight excluding hydrogens is 368 g/mol. The molecule has 0 atom stereocenters. The lowest BCUT2D eigenvalue weighted by Gasteiger charge is -2.36. The summed E-state index contributed by atoms with van der Waals surface area (Å²) in [7, 11) is 0. The zero-order valence-corrected chi connectivity index (χ0v) is 16.4. The molecule has 8 nitrogen and oxygen atoms in total. The van der Waals surface area contributed by atoms with E-state index in [4.69, 9.17) is 0 Å². The summed E-state index contributed by atoms with van der Waals surface area (Å²) in [4.78, 5) is 25.6. The third-order valence-corrected chi connectivity index (χ3v) is 5.30.